The topological polar surface area (TPSA) is 0 Å². The average Bonchev–Trinajstić information content (AvgIpc) is 2.25. The summed E-state index contributed by atoms with van der Waals surface area (Å²) in [6.45, 7) is 14.3. The van der Waals surface area contributed by atoms with Crippen LogP contribution in [-0.2, 0) is 0 Å². The minimum atomic E-state index is 0.854. The predicted molar refractivity (Wildman–Crippen MR) is 80.3 cm³/mol. The molecule has 3 unspecified atom stereocenters. The third-order valence-corrected chi connectivity index (χ3v) is 4.24. The molecular formula is C17H36. The van der Waals surface area contributed by atoms with Gasteiger partial charge in [-0.1, -0.05) is 80.1 Å². The Kier molecular flexibility index (Phi) is 9.97. The maximum absolute atomic E-state index is 2.49. The minimum Gasteiger partial charge on any atom is -0.0654 e. The third-order valence-electron chi connectivity index (χ3n) is 4.24. The zero-order chi connectivity index (χ0) is 13.3. The molecule has 0 bridgehead atoms. The van der Waals surface area contributed by atoms with Crippen LogP contribution in [0.4, 0.5) is 0 Å². The van der Waals surface area contributed by atoms with E-state index in [1.807, 2.05) is 0 Å². The molecule has 0 spiro atoms. The quantitative estimate of drug-likeness (QED) is 0.420. The Bertz CT molecular complexity index is 159. The van der Waals surface area contributed by atoms with E-state index in [9.17, 15) is 0 Å². The Morgan fingerprint density at radius 2 is 1.47 bits per heavy atom. The molecule has 0 N–H and O–H groups in total. The lowest BCUT2D eigenvalue weighted by molar-refractivity contribution is 0.183. The first-order valence-corrected chi connectivity index (χ1v) is 8.06. The maximum atomic E-state index is 2.49. The van der Waals surface area contributed by atoms with Gasteiger partial charge in [-0.3, -0.25) is 0 Å². The lowest BCUT2D eigenvalue weighted by atomic mass is 9.73. The van der Waals surface area contributed by atoms with Gasteiger partial charge in [-0.25, -0.2) is 0 Å². The Labute approximate surface area is 111 Å². The summed E-state index contributed by atoms with van der Waals surface area (Å²) < 4.78 is 0. The molecule has 17 heavy (non-hydrogen) atoms. The first kappa shape index (κ1) is 17.0. The van der Waals surface area contributed by atoms with Gasteiger partial charge in [0.1, 0.15) is 0 Å². The SMILES string of the molecule is CCCCC(CCC)C(CC)C(C)CC(C)C. The van der Waals surface area contributed by atoms with Gasteiger partial charge in [0.2, 0.25) is 0 Å². The fraction of sp³-hybridized carbons (Fsp3) is 1.00. The zero-order valence-electron chi connectivity index (χ0n) is 13.3. The van der Waals surface area contributed by atoms with Crippen molar-refractivity contribution >= 4 is 0 Å². The number of unbranched alkanes of at least 4 members (excludes halogenated alkanes) is 1. The molecule has 3 atom stereocenters. The summed E-state index contributed by atoms with van der Waals surface area (Å²) in [6.07, 6.45) is 9.84. The molecule has 0 rings (SSSR count). The Balaban J connectivity index is 4.40. The molecule has 0 saturated carbocycles. The van der Waals surface area contributed by atoms with Gasteiger partial charge in [0.05, 0.1) is 0 Å². The maximum Gasteiger partial charge on any atom is -0.0363 e. The largest absolute Gasteiger partial charge is 0.0654 e. The lowest BCUT2D eigenvalue weighted by Gasteiger charge is -2.32. The second-order valence-corrected chi connectivity index (χ2v) is 6.37. The summed E-state index contributed by atoms with van der Waals surface area (Å²) in [5, 5.41) is 0. The van der Waals surface area contributed by atoms with E-state index in [1.165, 1.54) is 44.9 Å². The van der Waals surface area contributed by atoms with Crippen molar-refractivity contribution in [3.63, 3.8) is 0 Å². The van der Waals surface area contributed by atoms with E-state index in [0.717, 1.165) is 23.7 Å². The molecule has 0 heteroatoms. The van der Waals surface area contributed by atoms with E-state index in [4.69, 9.17) is 0 Å². The minimum absolute atomic E-state index is 0.854. The number of hydrogen-bond donors (Lipinski definition) is 0. The monoisotopic (exact) mass is 240 g/mol. The number of rotatable bonds is 10. The van der Waals surface area contributed by atoms with Crippen molar-refractivity contribution in [1.82, 2.24) is 0 Å². The van der Waals surface area contributed by atoms with Gasteiger partial charge in [0.15, 0.2) is 0 Å². The van der Waals surface area contributed by atoms with Crippen molar-refractivity contribution in [2.45, 2.75) is 86.5 Å². The van der Waals surface area contributed by atoms with E-state index in [0.29, 0.717) is 0 Å². The highest BCUT2D eigenvalue weighted by Gasteiger charge is 2.24. The molecule has 0 nitrogen and oxygen atoms in total. The molecule has 104 valence electrons. The van der Waals surface area contributed by atoms with Crippen LogP contribution in [0.3, 0.4) is 0 Å². The van der Waals surface area contributed by atoms with Gasteiger partial charge in [-0.2, -0.15) is 0 Å². The van der Waals surface area contributed by atoms with Gasteiger partial charge < -0.3 is 0 Å². The predicted octanol–water partition coefficient (Wildman–Crippen LogP) is 6.30. The summed E-state index contributed by atoms with van der Waals surface area (Å²) in [4.78, 5) is 0. The lowest BCUT2D eigenvalue weighted by Crippen LogP contribution is -2.22. The molecule has 0 aromatic heterocycles. The van der Waals surface area contributed by atoms with E-state index >= 15 is 0 Å². The first-order chi connectivity index (χ1) is 8.06. The average molecular weight is 240 g/mol. The molecule has 0 aliphatic rings. The normalized spacial score (nSPS) is 17.1. The second kappa shape index (κ2) is 9.97. The molecule has 0 amide bonds. The Hall–Kier alpha value is 0. The van der Waals surface area contributed by atoms with Crippen LogP contribution >= 0.6 is 0 Å². The van der Waals surface area contributed by atoms with E-state index in [-0.39, 0.29) is 0 Å². The standard InChI is InChI=1S/C17H36/c1-7-10-12-16(11-8-2)17(9-3)15(6)13-14(4)5/h14-17H,7-13H2,1-6H3. The van der Waals surface area contributed by atoms with E-state index in [2.05, 4.69) is 41.5 Å². The Morgan fingerprint density at radius 3 is 1.88 bits per heavy atom. The van der Waals surface area contributed by atoms with Crippen molar-refractivity contribution in [2.75, 3.05) is 0 Å². The summed E-state index contributed by atoms with van der Waals surface area (Å²) in [7, 11) is 0. The summed E-state index contributed by atoms with van der Waals surface area (Å²) in [6, 6.07) is 0. The summed E-state index contributed by atoms with van der Waals surface area (Å²) in [5.41, 5.74) is 0. The van der Waals surface area contributed by atoms with Gasteiger partial charge in [0, 0.05) is 0 Å². The molecule has 0 heterocycles. The van der Waals surface area contributed by atoms with Crippen molar-refractivity contribution in [1.29, 1.82) is 0 Å². The van der Waals surface area contributed by atoms with Gasteiger partial charge in [-0.05, 0) is 30.1 Å². The van der Waals surface area contributed by atoms with E-state index < -0.39 is 0 Å². The van der Waals surface area contributed by atoms with Crippen LogP contribution < -0.4 is 0 Å². The van der Waals surface area contributed by atoms with Crippen molar-refractivity contribution < 1.29 is 0 Å². The molecule has 0 fully saturated rings. The van der Waals surface area contributed by atoms with Crippen molar-refractivity contribution in [3.05, 3.63) is 0 Å². The fourth-order valence-electron chi connectivity index (χ4n) is 3.53. The molecular weight excluding hydrogens is 204 g/mol. The molecule has 0 saturated heterocycles. The van der Waals surface area contributed by atoms with Crippen LogP contribution in [0.1, 0.15) is 86.5 Å². The van der Waals surface area contributed by atoms with Crippen LogP contribution in [0.5, 0.6) is 0 Å². The summed E-state index contributed by atoms with van der Waals surface area (Å²) >= 11 is 0. The highest BCUT2D eigenvalue weighted by atomic mass is 14.3. The molecule has 0 aromatic rings. The Morgan fingerprint density at radius 1 is 0.824 bits per heavy atom. The van der Waals surface area contributed by atoms with Crippen LogP contribution in [0.25, 0.3) is 0 Å². The van der Waals surface area contributed by atoms with E-state index in [1.54, 1.807) is 0 Å². The van der Waals surface area contributed by atoms with Crippen LogP contribution in [0, 0.1) is 23.7 Å². The summed E-state index contributed by atoms with van der Waals surface area (Å²) in [5.74, 6) is 3.71. The first-order valence-electron chi connectivity index (χ1n) is 8.06. The highest BCUT2D eigenvalue weighted by Crippen LogP contribution is 2.34. The number of hydrogen-bond acceptors (Lipinski definition) is 0. The van der Waals surface area contributed by atoms with Crippen LogP contribution in [0.2, 0.25) is 0 Å². The van der Waals surface area contributed by atoms with Gasteiger partial charge in [0.25, 0.3) is 0 Å². The smallest absolute Gasteiger partial charge is 0.0363 e. The fourth-order valence-corrected chi connectivity index (χ4v) is 3.53. The molecule has 0 aliphatic heterocycles. The van der Waals surface area contributed by atoms with Gasteiger partial charge >= 0.3 is 0 Å². The zero-order valence-corrected chi connectivity index (χ0v) is 13.3. The van der Waals surface area contributed by atoms with Crippen LogP contribution in [-0.4, -0.2) is 0 Å². The van der Waals surface area contributed by atoms with Crippen molar-refractivity contribution in [3.8, 4) is 0 Å². The third kappa shape index (κ3) is 7.11. The van der Waals surface area contributed by atoms with Crippen LogP contribution in [0.15, 0.2) is 0 Å². The second-order valence-electron chi connectivity index (χ2n) is 6.37. The molecule has 0 radical (unpaired) electrons. The molecule has 0 aromatic carbocycles. The van der Waals surface area contributed by atoms with Gasteiger partial charge in [-0.15, -0.1) is 0 Å². The highest BCUT2D eigenvalue weighted by molar-refractivity contribution is 4.75. The molecule has 0 aliphatic carbocycles. The van der Waals surface area contributed by atoms with Crippen molar-refractivity contribution in [2.24, 2.45) is 23.7 Å².